The zero-order valence-corrected chi connectivity index (χ0v) is 12.5. The van der Waals surface area contributed by atoms with Crippen LogP contribution in [-0.2, 0) is 4.79 Å². The summed E-state index contributed by atoms with van der Waals surface area (Å²) in [6.45, 7) is 3.02. The predicted octanol–water partition coefficient (Wildman–Crippen LogP) is 2.24. The molecule has 1 amide bonds. The number of carbonyl (C=O) groups excluding carboxylic acids is 1. The van der Waals surface area contributed by atoms with E-state index in [1.807, 2.05) is 0 Å². The number of benzene rings is 1. The third kappa shape index (κ3) is 5.60. The molecule has 1 aromatic rings. The Bertz CT molecular complexity index is 491. The number of amides is 1. The first kappa shape index (κ1) is 16.7. The standard InChI is InChI=1S/C16H22F2N2O2/c17-13-3-4-15(14(18)10-13)22-9-1-2-16(21)20-8-6-12-5-7-19-11-12/h3-4,10,12,19H,1-2,5-9,11H2,(H,20,21). The average molecular weight is 312 g/mol. The van der Waals surface area contributed by atoms with Gasteiger partial charge >= 0.3 is 0 Å². The number of nitrogens with one attached hydrogen (secondary N) is 2. The van der Waals surface area contributed by atoms with Gasteiger partial charge < -0.3 is 15.4 Å². The minimum atomic E-state index is -0.727. The number of hydrogen-bond acceptors (Lipinski definition) is 3. The van der Waals surface area contributed by atoms with Gasteiger partial charge in [0.15, 0.2) is 11.6 Å². The number of halogens is 2. The molecule has 0 aromatic heterocycles. The Hall–Kier alpha value is -1.69. The van der Waals surface area contributed by atoms with E-state index in [1.54, 1.807) is 0 Å². The van der Waals surface area contributed by atoms with Crippen molar-refractivity contribution in [3.8, 4) is 5.75 Å². The summed E-state index contributed by atoms with van der Waals surface area (Å²) in [4.78, 5) is 11.6. The normalized spacial score (nSPS) is 17.5. The van der Waals surface area contributed by atoms with Crippen LogP contribution in [0.1, 0.15) is 25.7 Å². The zero-order valence-electron chi connectivity index (χ0n) is 12.5. The van der Waals surface area contributed by atoms with Gasteiger partial charge in [0.2, 0.25) is 5.91 Å². The molecular formula is C16H22F2N2O2. The monoisotopic (exact) mass is 312 g/mol. The van der Waals surface area contributed by atoms with E-state index in [0.717, 1.165) is 31.6 Å². The molecule has 0 spiro atoms. The fourth-order valence-corrected chi connectivity index (χ4v) is 2.47. The Morgan fingerprint density at radius 1 is 1.41 bits per heavy atom. The molecule has 1 heterocycles. The molecule has 1 aromatic carbocycles. The van der Waals surface area contributed by atoms with E-state index in [0.29, 0.717) is 25.3 Å². The van der Waals surface area contributed by atoms with Gasteiger partial charge in [-0.1, -0.05) is 0 Å². The summed E-state index contributed by atoms with van der Waals surface area (Å²) in [7, 11) is 0. The van der Waals surface area contributed by atoms with Crippen LogP contribution in [0.3, 0.4) is 0 Å². The van der Waals surface area contributed by atoms with E-state index in [-0.39, 0.29) is 18.3 Å². The molecule has 0 radical (unpaired) electrons. The molecule has 1 fully saturated rings. The lowest BCUT2D eigenvalue weighted by Crippen LogP contribution is -2.26. The molecule has 1 aliphatic rings. The molecular weight excluding hydrogens is 290 g/mol. The third-order valence-corrected chi connectivity index (χ3v) is 3.74. The van der Waals surface area contributed by atoms with Crippen LogP contribution in [0.2, 0.25) is 0 Å². The molecule has 1 saturated heterocycles. The van der Waals surface area contributed by atoms with Crippen LogP contribution in [0.4, 0.5) is 8.78 Å². The van der Waals surface area contributed by atoms with E-state index < -0.39 is 11.6 Å². The van der Waals surface area contributed by atoms with E-state index in [2.05, 4.69) is 10.6 Å². The van der Waals surface area contributed by atoms with Crippen molar-refractivity contribution in [2.45, 2.75) is 25.7 Å². The number of hydrogen-bond donors (Lipinski definition) is 2. The molecule has 1 atom stereocenters. The van der Waals surface area contributed by atoms with Gasteiger partial charge in [0.05, 0.1) is 6.61 Å². The van der Waals surface area contributed by atoms with Crippen LogP contribution in [0.25, 0.3) is 0 Å². The van der Waals surface area contributed by atoms with Crippen LogP contribution in [0.15, 0.2) is 18.2 Å². The van der Waals surface area contributed by atoms with Crippen LogP contribution >= 0.6 is 0 Å². The van der Waals surface area contributed by atoms with E-state index in [9.17, 15) is 13.6 Å². The molecule has 2 rings (SSSR count). The Kier molecular flexibility index (Phi) is 6.58. The highest BCUT2D eigenvalue weighted by Crippen LogP contribution is 2.17. The van der Waals surface area contributed by atoms with Crippen molar-refractivity contribution in [3.05, 3.63) is 29.8 Å². The third-order valence-electron chi connectivity index (χ3n) is 3.74. The highest BCUT2D eigenvalue weighted by atomic mass is 19.1. The number of carbonyl (C=O) groups is 1. The second-order valence-electron chi connectivity index (χ2n) is 5.52. The van der Waals surface area contributed by atoms with Crippen LogP contribution in [0.5, 0.6) is 5.75 Å². The summed E-state index contributed by atoms with van der Waals surface area (Å²) in [5.74, 6) is -0.717. The van der Waals surface area contributed by atoms with Crippen LogP contribution < -0.4 is 15.4 Å². The lowest BCUT2D eigenvalue weighted by molar-refractivity contribution is -0.121. The molecule has 6 heteroatoms. The van der Waals surface area contributed by atoms with Gasteiger partial charge in [0, 0.05) is 19.0 Å². The predicted molar refractivity (Wildman–Crippen MR) is 79.7 cm³/mol. The maximum absolute atomic E-state index is 13.3. The van der Waals surface area contributed by atoms with Crippen molar-refractivity contribution in [3.63, 3.8) is 0 Å². The summed E-state index contributed by atoms with van der Waals surface area (Å²) < 4.78 is 31.2. The topological polar surface area (TPSA) is 50.4 Å². The second kappa shape index (κ2) is 8.68. The molecule has 0 saturated carbocycles. The maximum atomic E-state index is 13.3. The smallest absolute Gasteiger partial charge is 0.220 e. The molecule has 0 aliphatic carbocycles. The zero-order chi connectivity index (χ0) is 15.8. The van der Waals surface area contributed by atoms with Gasteiger partial charge in [-0.2, -0.15) is 0 Å². The Morgan fingerprint density at radius 2 is 2.27 bits per heavy atom. The second-order valence-corrected chi connectivity index (χ2v) is 5.52. The largest absolute Gasteiger partial charge is 0.491 e. The van der Waals surface area contributed by atoms with Crippen molar-refractivity contribution < 1.29 is 18.3 Å². The molecule has 122 valence electrons. The summed E-state index contributed by atoms with van der Waals surface area (Å²) in [5.41, 5.74) is 0. The van der Waals surface area contributed by atoms with E-state index in [1.165, 1.54) is 12.5 Å². The highest BCUT2D eigenvalue weighted by molar-refractivity contribution is 5.75. The molecule has 1 unspecified atom stereocenters. The van der Waals surface area contributed by atoms with Crippen molar-refractivity contribution in [1.29, 1.82) is 0 Å². The van der Waals surface area contributed by atoms with Crippen molar-refractivity contribution >= 4 is 5.91 Å². The Balaban J connectivity index is 1.54. The van der Waals surface area contributed by atoms with Gasteiger partial charge in [-0.25, -0.2) is 8.78 Å². The summed E-state index contributed by atoms with van der Waals surface area (Å²) in [5, 5.41) is 6.17. The number of ether oxygens (including phenoxy) is 1. The maximum Gasteiger partial charge on any atom is 0.220 e. The summed E-state index contributed by atoms with van der Waals surface area (Å²) in [6, 6.07) is 3.17. The average Bonchev–Trinajstić information content (AvgIpc) is 2.99. The molecule has 22 heavy (non-hydrogen) atoms. The summed E-state index contributed by atoms with van der Waals surface area (Å²) >= 11 is 0. The van der Waals surface area contributed by atoms with Gasteiger partial charge in [-0.15, -0.1) is 0 Å². The lowest BCUT2D eigenvalue weighted by atomic mass is 10.1. The SMILES string of the molecule is O=C(CCCOc1ccc(F)cc1F)NCCC1CCNC1. The van der Waals surface area contributed by atoms with Crippen LogP contribution in [-0.4, -0.2) is 32.1 Å². The van der Waals surface area contributed by atoms with Gasteiger partial charge in [-0.05, 0) is 50.4 Å². The molecule has 4 nitrogen and oxygen atoms in total. The minimum absolute atomic E-state index is 0.00976. The first-order chi connectivity index (χ1) is 10.6. The Labute approximate surface area is 129 Å². The Morgan fingerprint density at radius 3 is 3.00 bits per heavy atom. The van der Waals surface area contributed by atoms with Gasteiger partial charge in [-0.3, -0.25) is 4.79 Å². The number of rotatable bonds is 8. The fraction of sp³-hybridized carbons (Fsp3) is 0.562. The first-order valence-electron chi connectivity index (χ1n) is 7.70. The van der Waals surface area contributed by atoms with E-state index in [4.69, 9.17) is 4.74 Å². The highest BCUT2D eigenvalue weighted by Gasteiger charge is 2.14. The first-order valence-corrected chi connectivity index (χ1v) is 7.70. The fourth-order valence-electron chi connectivity index (χ4n) is 2.47. The van der Waals surface area contributed by atoms with Crippen molar-refractivity contribution in [1.82, 2.24) is 10.6 Å². The van der Waals surface area contributed by atoms with Crippen molar-refractivity contribution in [2.75, 3.05) is 26.2 Å². The lowest BCUT2D eigenvalue weighted by Gasteiger charge is -2.10. The van der Waals surface area contributed by atoms with Gasteiger partial charge in [0.25, 0.3) is 0 Å². The van der Waals surface area contributed by atoms with Crippen LogP contribution in [0, 0.1) is 17.6 Å². The van der Waals surface area contributed by atoms with Crippen molar-refractivity contribution in [2.24, 2.45) is 5.92 Å². The minimum Gasteiger partial charge on any atom is -0.491 e. The molecule has 1 aliphatic heterocycles. The van der Waals surface area contributed by atoms with Gasteiger partial charge in [0.1, 0.15) is 5.82 Å². The molecule has 2 N–H and O–H groups in total. The van der Waals surface area contributed by atoms with E-state index >= 15 is 0 Å². The summed E-state index contributed by atoms with van der Waals surface area (Å²) in [6.07, 6.45) is 3.00. The quantitative estimate of drug-likeness (QED) is 0.724. The molecule has 0 bridgehead atoms.